The highest BCUT2D eigenvalue weighted by atomic mass is 16.5. The molecule has 2 heteroatoms. The Hall–Kier alpha value is -0.860. The van der Waals surface area contributed by atoms with Crippen molar-refractivity contribution in [2.24, 2.45) is 0 Å². The lowest BCUT2D eigenvalue weighted by Gasteiger charge is -2.24. The average molecular weight is 206 g/mol. The summed E-state index contributed by atoms with van der Waals surface area (Å²) in [6.07, 6.45) is 0.705. The Bertz CT molecular complexity index is 376. The van der Waals surface area contributed by atoms with Crippen molar-refractivity contribution in [1.82, 2.24) is 0 Å². The fraction of sp³-hybridized carbons (Fsp3) is 0.538. The van der Waals surface area contributed by atoms with Crippen molar-refractivity contribution in [3.8, 4) is 0 Å². The number of ether oxygens (including phenoxy) is 1. The van der Waals surface area contributed by atoms with Gasteiger partial charge in [-0.1, -0.05) is 12.1 Å². The fourth-order valence-electron chi connectivity index (χ4n) is 2.23. The van der Waals surface area contributed by atoms with E-state index in [1.54, 1.807) is 0 Å². The van der Waals surface area contributed by atoms with E-state index in [4.69, 9.17) is 4.74 Å². The monoisotopic (exact) mass is 206 g/mol. The van der Waals surface area contributed by atoms with Crippen LogP contribution in [0.3, 0.4) is 0 Å². The summed E-state index contributed by atoms with van der Waals surface area (Å²) in [6, 6.07) is 4.24. The van der Waals surface area contributed by atoms with E-state index >= 15 is 0 Å². The Morgan fingerprint density at radius 2 is 1.80 bits per heavy atom. The predicted octanol–water partition coefficient (Wildman–Crippen LogP) is 2.22. The van der Waals surface area contributed by atoms with Gasteiger partial charge in [-0.2, -0.15) is 0 Å². The molecule has 1 unspecified atom stereocenters. The van der Waals surface area contributed by atoms with Gasteiger partial charge < -0.3 is 9.84 Å². The molecular weight excluding hydrogens is 188 g/mol. The molecule has 1 aliphatic rings. The van der Waals surface area contributed by atoms with Crippen LogP contribution >= 0.6 is 0 Å². The second-order valence-electron chi connectivity index (χ2n) is 4.59. The van der Waals surface area contributed by atoms with Gasteiger partial charge in [-0.15, -0.1) is 0 Å². The van der Waals surface area contributed by atoms with Crippen LogP contribution in [0.25, 0.3) is 0 Å². The molecule has 1 saturated heterocycles. The Morgan fingerprint density at radius 3 is 2.40 bits per heavy atom. The molecule has 0 aromatic heterocycles. The van der Waals surface area contributed by atoms with Crippen molar-refractivity contribution < 1.29 is 9.84 Å². The van der Waals surface area contributed by atoms with Gasteiger partial charge in [0.1, 0.15) is 5.60 Å². The summed E-state index contributed by atoms with van der Waals surface area (Å²) >= 11 is 0. The van der Waals surface area contributed by atoms with Gasteiger partial charge >= 0.3 is 0 Å². The van der Waals surface area contributed by atoms with E-state index in [-0.39, 0.29) is 0 Å². The Balaban J connectivity index is 2.48. The first-order chi connectivity index (χ1) is 7.03. The molecule has 1 fully saturated rings. The predicted molar refractivity (Wildman–Crippen MR) is 60.0 cm³/mol. The van der Waals surface area contributed by atoms with Gasteiger partial charge in [0.15, 0.2) is 0 Å². The van der Waals surface area contributed by atoms with Gasteiger partial charge in [0, 0.05) is 13.0 Å². The highest BCUT2D eigenvalue weighted by molar-refractivity contribution is 5.40. The minimum absolute atomic E-state index is 0.427. The summed E-state index contributed by atoms with van der Waals surface area (Å²) in [6.45, 7) is 7.32. The molecular formula is C13H18O2. The number of hydrogen-bond acceptors (Lipinski definition) is 2. The first-order valence-corrected chi connectivity index (χ1v) is 5.41. The molecule has 2 nitrogen and oxygen atoms in total. The molecule has 0 aliphatic carbocycles. The lowest BCUT2D eigenvalue weighted by atomic mass is 9.87. The molecule has 0 amide bonds. The molecule has 0 spiro atoms. The number of benzene rings is 1. The molecule has 15 heavy (non-hydrogen) atoms. The smallest absolute Gasteiger partial charge is 0.115 e. The molecule has 82 valence electrons. The van der Waals surface area contributed by atoms with E-state index in [0.717, 1.165) is 11.1 Å². The van der Waals surface area contributed by atoms with Gasteiger partial charge in [0.2, 0.25) is 0 Å². The van der Waals surface area contributed by atoms with Crippen molar-refractivity contribution in [3.05, 3.63) is 34.4 Å². The van der Waals surface area contributed by atoms with E-state index < -0.39 is 5.60 Å². The maximum atomic E-state index is 10.4. The van der Waals surface area contributed by atoms with Crippen LogP contribution in [0.4, 0.5) is 0 Å². The SMILES string of the molecule is Cc1cc(C)c(C2(O)CCOC2)cc1C. The molecule has 1 heterocycles. The quantitative estimate of drug-likeness (QED) is 0.763. The average Bonchev–Trinajstić information content (AvgIpc) is 2.60. The van der Waals surface area contributed by atoms with E-state index in [1.165, 1.54) is 11.1 Å². The van der Waals surface area contributed by atoms with Gasteiger partial charge in [0.25, 0.3) is 0 Å². The zero-order chi connectivity index (χ0) is 11.1. The summed E-state index contributed by atoms with van der Waals surface area (Å²) in [5, 5.41) is 10.4. The molecule has 0 saturated carbocycles. The van der Waals surface area contributed by atoms with Crippen LogP contribution in [-0.2, 0) is 10.3 Å². The van der Waals surface area contributed by atoms with Crippen LogP contribution in [-0.4, -0.2) is 18.3 Å². The summed E-state index contributed by atoms with van der Waals surface area (Å²) < 4.78 is 5.29. The lowest BCUT2D eigenvalue weighted by molar-refractivity contribution is 0.0226. The maximum Gasteiger partial charge on any atom is 0.115 e. The van der Waals surface area contributed by atoms with Crippen molar-refractivity contribution >= 4 is 0 Å². The lowest BCUT2D eigenvalue weighted by Crippen LogP contribution is -2.27. The van der Waals surface area contributed by atoms with Crippen molar-refractivity contribution in [1.29, 1.82) is 0 Å². The number of rotatable bonds is 1. The fourth-order valence-corrected chi connectivity index (χ4v) is 2.23. The number of hydrogen-bond donors (Lipinski definition) is 1. The van der Waals surface area contributed by atoms with Crippen LogP contribution in [0.5, 0.6) is 0 Å². The third-order valence-corrected chi connectivity index (χ3v) is 3.34. The summed E-state index contributed by atoms with van der Waals surface area (Å²) in [4.78, 5) is 0. The van der Waals surface area contributed by atoms with Gasteiger partial charge in [-0.3, -0.25) is 0 Å². The van der Waals surface area contributed by atoms with Gasteiger partial charge in [-0.05, 0) is 43.0 Å². The first kappa shape index (κ1) is 10.7. The van der Waals surface area contributed by atoms with Gasteiger partial charge in [-0.25, -0.2) is 0 Å². The number of aryl methyl sites for hydroxylation is 3. The minimum Gasteiger partial charge on any atom is -0.383 e. The summed E-state index contributed by atoms with van der Waals surface area (Å²) in [5.41, 5.74) is 3.94. The highest BCUT2D eigenvalue weighted by Crippen LogP contribution is 2.33. The van der Waals surface area contributed by atoms with E-state index in [0.29, 0.717) is 19.6 Å². The standard InChI is InChI=1S/C13H18O2/c1-9-6-11(3)12(7-10(9)2)13(14)4-5-15-8-13/h6-7,14H,4-5,8H2,1-3H3. The minimum atomic E-state index is -0.761. The summed E-state index contributed by atoms with van der Waals surface area (Å²) in [5.74, 6) is 0. The van der Waals surface area contributed by atoms with E-state index in [1.807, 2.05) is 0 Å². The Morgan fingerprint density at radius 1 is 1.13 bits per heavy atom. The van der Waals surface area contributed by atoms with E-state index in [2.05, 4.69) is 32.9 Å². The van der Waals surface area contributed by atoms with Crippen LogP contribution < -0.4 is 0 Å². The largest absolute Gasteiger partial charge is 0.383 e. The normalized spacial score (nSPS) is 25.9. The van der Waals surface area contributed by atoms with Crippen LogP contribution in [0.2, 0.25) is 0 Å². The molecule has 1 aliphatic heterocycles. The third kappa shape index (κ3) is 1.80. The zero-order valence-corrected chi connectivity index (χ0v) is 9.63. The topological polar surface area (TPSA) is 29.5 Å². The molecule has 1 atom stereocenters. The van der Waals surface area contributed by atoms with Crippen LogP contribution in [0.15, 0.2) is 12.1 Å². The second kappa shape index (κ2) is 3.62. The molecule has 0 bridgehead atoms. The van der Waals surface area contributed by atoms with E-state index in [9.17, 15) is 5.11 Å². The maximum absolute atomic E-state index is 10.4. The van der Waals surface area contributed by atoms with Crippen molar-refractivity contribution in [3.63, 3.8) is 0 Å². The van der Waals surface area contributed by atoms with Crippen molar-refractivity contribution in [2.75, 3.05) is 13.2 Å². The molecule has 1 aromatic rings. The second-order valence-corrected chi connectivity index (χ2v) is 4.59. The zero-order valence-electron chi connectivity index (χ0n) is 9.63. The highest BCUT2D eigenvalue weighted by Gasteiger charge is 2.35. The van der Waals surface area contributed by atoms with Gasteiger partial charge in [0.05, 0.1) is 6.61 Å². The third-order valence-electron chi connectivity index (χ3n) is 3.34. The summed E-state index contributed by atoms with van der Waals surface area (Å²) in [7, 11) is 0. The Labute approximate surface area is 90.9 Å². The molecule has 1 aromatic carbocycles. The van der Waals surface area contributed by atoms with Crippen LogP contribution in [0.1, 0.15) is 28.7 Å². The number of aliphatic hydroxyl groups is 1. The molecule has 0 radical (unpaired) electrons. The first-order valence-electron chi connectivity index (χ1n) is 5.41. The van der Waals surface area contributed by atoms with Crippen LogP contribution in [0, 0.1) is 20.8 Å². The molecule has 2 rings (SSSR count). The van der Waals surface area contributed by atoms with Crippen molar-refractivity contribution in [2.45, 2.75) is 32.8 Å². The Kier molecular flexibility index (Phi) is 2.57. The molecule has 1 N–H and O–H groups in total.